The molecule has 4 heteroatoms. The number of rotatable bonds is 3. The van der Waals surface area contributed by atoms with Gasteiger partial charge in [-0.1, -0.05) is 0 Å². The van der Waals surface area contributed by atoms with Crippen molar-refractivity contribution in [1.82, 2.24) is 0 Å². The number of hydrogen-bond acceptors (Lipinski definition) is 3. The Kier molecular flexibility index (Phi) is 2.99. The number of aliphatic hydroxyl groups excluding tert-OH is 1. The number of hydrogen-bond donors (Lipinski definition) is 2. The molecule has 0 aromatic heterocycles. The van der Waals surface area contributed by atoms with E-state index in [0.29, 0.717) is 5.56 Å². The summed E-state index contributed by atoms with van der Waals surface area (Å²) in [6.07, 6.45) is 0. The van der Waals surface area contributed by atoms with Crippen LogP contribution in [0.1, 0.15) is 26.3 Å². The number of carbonyl (C=O) groups is 2. The summed E-state index contributed by atoms with van der Waals surface area (Å²) in [5.41, 5.74) is 0.966. The number of aromatic carboxylic acids is 1. The van der Waals surface area contributed by atoms with Gasteiger partial charge in [-0.2, -0.15) is 0 Å². The van der Waals surface area contributed by atoms with Crippen LogP contribution in [0.5, 0.6) is 0 Å². The predicted octanol–water partition coefficient (Wildman–Crippen LogP) is 0.868. The van der Waals surface area contributed by atoms with Crippen molar-refractivity contribution in [2.45, 2.75) is 6.92 Å². The van der Waals surface area contributed by atoms with Gasteiger partial charge in [-0.25, -0.2) is 4.79 Å². The second-order valence-corrected chi connectivity index (χ2v) is 2.97. The maximum absolute atomic E-state index is 11.1. The molecule has 1 rings (SSSR count). The number of Topliss-reactive ketones (excluding diaryl/α,β-unsaturated/α-hetero) is 1. The summed E-state index contributed by atoms with van der Waals surface area (Å²) in [5, 5.41) is 17.3. The lowest BCUT2D eigenvalue weighted by Gasteiger charge is -2.02. The molecular formula is C10H10O4. The molecule has 0 unspecified atom stereocenters. The minimum absolute atomic E-state index is 0.0572. The van der Waals surface area contributed by atoms with Crippen LogP contribution in [0.3, 0.4) is 0 Å². The smallest absolute Gasteiger partial charge is 0.335 e. The molecular weight excluding hydrogens is 184 g/mol. The van der Waals surface area contributed by atoms with Gasteiger partial charge in [-0.15, -0.1) is 0 Å². The molecule has 0 aliphatic rings. The minimum Gasteiger partial charge on any atom is -0.478 e. The van der Waals surface area contributed by atoms with Crippen LogP contribution in [-0.4, -0.2) is 28.6 Å². The summed E-state index contributed by atoms with van der Waals surface area (Å²) in [4.78, 5) is 21.7. The van der Waals surface area contributed by atoms with E-state index < -0.39 is 18.4 Å². The fraction of sp³-hybridized carbons (Fsp3) is 0.200. The average Bonchev–Trinajstić information content (AvgIpc) is 2.15. The summed E-state index contributed by atoms with van der Waals surface area (Å²) in [6, 6.07) is 4.27. The molecule has 0 bridgehead atoms. The zero-order chi connectivity index (χ0) is 10.7. The van der Waals surface area contributed by atoms with Crippen molar-refractivity contribution in [3.05, 3.63) is 34.9 Å². The number of carboxylic acid groups (broad SMARTS) is 1. The second-order valence-electron chi connectivity index (χ2n) is 2.97. The highest BCUT2D eigenvalue weighted by atomic mass is 16.4. The number of ketones is 1. The molecule has 4 nitrogen and oxygen atoms in total. The van der Waals surface area contributed by atoms with E-state index in [1.807, 2.05) is 0 Å². The van der Waals surface area contributed by atoms with Crippen molar-refractivity contribution in [3.63, 3.8) is 0 Å². The Labute approximate surface area is 80.8 Å². The SMILES string of the molecule is Cc1cc(C(=O)O)cc(C(=O)CO)c1. The van der Waals surface area contributed by atoms with E-state index in [4.69, 9.17) is 10.2 Å². The van der Waals surface area contributed by atoms with Crippen LogP contribution in [0, 0.1) is 6.92 Å². The summed E-state index contributed by atoms with van der Waals surface area (Å²) in [5.74, 6) is -1.56. The van der Waals surface area contributed by atoms with E-state index >= 15 is 0 Å². The second kappa shape index (κ2) is 4.02. The van der Waals surface area contributed by atoms with Gasteiger partial charge in [-0.05, 0) is 30.7 Å². The largest absolute Gasteiger partial charge is 0.478 e. The molecule has 0 aliphatic carbocycles. The van der Waals surface area contributed by atoms with Crippen molar-refractivity contribution < 1.29 is 19.8 Å². The van der Waals surface area contributed by atoms with Crippen molar-refractivity contribution in [2.75, 3.05) is 6.61 Å². The Hall–Kier alpha value is -1.68. The molecule has 14 heavy (non-hydrogen) atoms. The van der Waals surface area contributed by atoms with Crippen LogP contribution < -0.4 is 0 Å². The number of benzene rings is 1. The van der Waals surface area contributed by atoms with Crippen molar-refractivity contribution in [2.24, 2.45) is 0 Å². The van der Waals surface area contributed by atoms with Gasteiger partial charge in [0.15, 0.2) is 5.78 Å². The summed E-state index contributed by atoms with van der Waals surface area (Å²) in [7, 11) is 0. The van der Waals surface area contributed by atoms with Gasteiger partial charge in [-0.3, -0.25) is 4.79 Å². The number of carbonyl (C=O) groups excluding carboxylic acids is 1. The van der Waals surface area contributed by atoms with Gasteiger partial charge in [0.1, 0.15) is 6.61 Å². The molecule has 0 heterocycles. The van der Waals surface area contributed by atoms with E-state index in [0.717, 1.165) is 0 Å². The zero-order valence-corrected chi connectivity index (χ0v) is 7.65. The van der Waals surface area contributed by atoms with Crippen LogP contribution in [0.25, 0.3) is 0 Å². The van der Waals surface area contributed by atoms with E-state index in [2.05, 4.69) is 0 Å². The molecule has 74 valence electrons. The molecule has 0 atom stereocenters. The van der Waals surface area contributed by atoms with Gasteiger partial charge in [0.2, 0.25) is 0 Å². The van der Waals surface area contributed by atoms with Crippen molar-refractivity contribution in [3.8, 4) is 0 Å². The van der Waals surface area contributed by atoms with Crippen LogP contribution in [-0.2, 0) is 0 Å². The van der Waals surface area contributed by atoms with Gasteiger partial charge in [0.05, 0.1) is 5.56 Å². The van der Waals surface area contributed by atoms with Crippen LogP contribution in [0.4, 0.5) is 0 Å². The molecule has 0 amide bonds. The third-order valence-electron chi connectivity index (χ3n) is 1.79. The molecule has 2 N–H and O–H groups in total. The van der Waals surface area contributed by atoms with Gasteiger partial charge in [0.25, 0.3) is 0 Å². The summed E-state index contributed by atoms with van der Waals surface area (Å²) >= 11 is 0. The van der Waals surface area contributed by atoms with Crippen molar-refractivity contribution in [1.29, 1.82) is 0 Å². The van der Waals surface area contributed by atoms with E-state index in [9.17, 15) is 9.59 Å². The van der Waals surface area contributed by atoms with Gasteiger partial charge in [0, 0.05) is 5.56 Å². The Morgan fingerprint density at radius 2 is 1.79 bits per heavy atom. The molecule has 1 aromatic carbocycles. The standard InChI is InChI=1S/C10H10O4/c1-6-2-7(9(12)5-11)4-8(3-6)10(13)14/h2-4,11H,5H2,1H3,(H,13,14). The third-order valence-corrected chi connectivity index (χ3v) is 1.79. The van der Waals surface area contributed by atoms with E-state index in [-0.39, 0.29) is 11.1 Å². The Bertz CT molecular complexity index is 382. The lowest BCUT2D eigenvalue weighted by molar-refractivity contribution is 0.0696. The van der Waals surface area contributed by atoms with Gasteiger partial charge >= 0.3 is 5.97 Å². The first-order chi connectivity index (χ1) is 6.54. The highest BCUT2D eigenvalue weighted by Crippen LogP contribution is 2.10. The first-order valence-electron chi connectivity index (χ1n) is 4.03. The fourth-order valence-electron chi connectivity index (χ4n) is 1.16. The van der Waals surface area contributed by atoms with E-state index in [1.165, 1.54) is 12.1 Å². The maximum atomic E-state index is 11.1. The Morgan fingerprint density at radius 1 is 1.21 bits per heavy atom. The highest BCUT2D eigenvalue weighted by Gasteiger charge is 2.09. The lowest BCUT2D eigenvalue weighted by Crippen LogP contribution is -2.07. The molecule has 1 aromatic rings. The van der Waals surface area contributed by atoms with Crippen molar-refractivity contribution >= 4 is 11.8 Å². The Morgan fingerprint density at radius 3 is 2.29 bits per heavy atom. The normalized spacial score (nSPS) is 9.86. The topological polar surface area (TPSA) is 74.6 Å². The van der Waals surface area contributed by atoms with Crippen LogP contribution >= 0.6 is 0 Å². The average molecular weight is 194 g/mol. The zero-order valence-electron chi connectivity index (χ0n) is 7.65. The summed E-state index contributed by atoms with van der Waals surface area (Å²) < 4.78 is 0. The quantitative estimate of drug-likeness (QED) is 0.700. The molecule has 0 radical (unpaired) electrons. The number of aliphatic hydroxyl groups is 1. The monoisotopic (exact) mass is 194 g/mol. The third kappa shape index (κ3) is 2.17. The Balaban J connectivity index is 3.20. The molecule has 0 fully saturated rings. The number of carboxylic acids is 1. The molecule has 0 saturated carbocycles. The maximum Gasteiger partial charge on any atom is 0.335 e. The van der Waals surface area contributed by atoms with Gasteiger partial charge < -0.3 is 10.2 Å². The first-order valence-corrected chi connectivity index (χ1v) is 4.03. The minimum atomic E-state index is -1.08. The first kappa shape index (κ1) is 10.4. The highest BCUT2D eigenvalue weighted by molar-refractivity contribution is 5.99. The fourth-order valence-corrected chi connectivity index (χ4v) is 1.16. The van der Waals surface area contributed by atoms with Crippen LogP contribution in [0.2, 0.25) is 0 Å². The van der Waals surface area contributed by atoms with Crippen LogP contribution in [0.15, 0.2) is 18.2 Å². The lowest BCUT2D eigenvalue weighted by atomic mass is 10.0. The summed E-state index contributed by atoms with van der Waals surface area (Å²) in [6.45, 7) is 1.09. The van der Waals surface area contributed by atoms with E-state index in [1.54, 1.807) is 13.0 Å². The molecule has 0 saturated heterocycles. The molecule has 0 aliphatic heterocycles. The predicted molar refractivity (Wildman–Crippen MR) is 49.6 cm³/mol. The number of aryl methyl sites for hydroxylation is 1. The molecule has 0 spiro atoms.